The Labute approximate surface area is 151 Å². The molecule has 7 heteroatoms. The minimum absolute atomic E-state index is 0.0137. The van der Waals surface area contributed by atoms with E-state index in [4.69, 9.17) is 4.74 Å². The maximum atomic E-state index is 13.7. The van der Waals surface area contributed by atoms with E-state index in [0.29, 0.717) is 6.42 Å². The molecule has 0 aromatic heterocycles. The summed E-state index contributed by atoms with van der Waals surface area (Å²) in [7, 11) is 0.818. The highest BCUT2D eigenvalue weighted by Crippen LogP contribution is 2.42. The predicted octanol–water partition coefficient (Wildman–Crippen LogP) is 4.42. The van der Waals surface area contributed by atoms with Crippen LogP contribution >= 0.6 is 0 Å². The summed E-state index contributed by atoms with van der Waals surface area (Å²) >= 11 is 0. The zero-order chi connectivity index (χ0) is 19.8. The third-order valence-corrected chi connectivity index (χ3v) is 4.28. The number of rotatable bonds is 10. The van der Waals surface area contributed by atoms with Gasteiger partial charge in [-0.3, -0.25) is 4.79 Å². The number of methoxy groups -OCH3 is 1. The number of benzene rings is 1. The fourth-order valence-corrected chi connectivity index (χ4v) is 2.58. The Balaban J connectivity index is 2.84. The molecule has 0 aliphatic carbocycles. The molecule has 0 bridgehead atoms. The summed E-state index contributed by atoms with van der Waals surface area (Å²) < 4.78 is 50.6. The van der Waals surface area contributed by atoms with E-state index in [1.807, 2.05) is 6.92 Å². The van der Waals surface area contributed by atoms with Crippen molar-refractivity contribution < 1.29 is 32.2 Å². The Morgan fingerprint density at radius 1 is 1.15 bits per heavy atom. The van der Waals surface area contributed by atoms with Crippen molar-refractivity contribution in [3.8, 4) is 0 Å². The average molecular weight is 374 g/mol. The molecule has 0 saturated carbocycles. The number of unbranched alkanes of at least 4 members (excludes halogenated alkanes) is 1. The number of Topliss-reactive ketones (excluding diaryl/α,β-unsaturated/α-hetero) is 1. The summed E-state index contributed by atoms with van der Waals surface area (Å²) in [5, 5.41) is 0. The Morgan fingerprint density at radius 2 is 1.77 bits per heavy atom. The maximum Gasteiger partial charge on any atom is 0.432 e. The number of alkyl halides is 3. The molecule has 0 N–H and O–H groups in total. The normalized spacial score (nSPS) is 15.2. The second-order valence-electron chi connectivity index (χ2n) is 6.14. The molecule has 0 fully saturated rings. The summed E-state index contributed by atoms with van der Waals surface area (Å²) in [5.74, 6) is -1.90. The van der Waals surface area contributed by atoms with Crippen molar-refractivity contribution in [3.63, 3.8) is 0 Å². The molecule has 0 spiro atoms. The first-order valence-corrected chi connectivity index (χ1v) is 8.58. The molecule has 4 nitrogen and oxygen atoms in total. The number of halogens is 3. The van der Waals surface area contributed by atoms with Crippen molar-refractivity contribution in [2.75, 3.05) is 13.7 Å². The van der Waals surface area contributed by atoms with Gasteiger partial charge in [-0.1, -0.05) is 50.6 Å². The number of hydrogen-bond donors (Lipinski definition) is 0. The Morgan fingerprint density at radius 3 is 2.27 bits per heavy atom. The fraction of sp³-hybridized carbons (Fsp3) is 0.579. The predicted molar refractivity (Wildman–Crippen MR) is 90.5 cm³/mol. The third-order valence-electron chi connectivity index (χ3n) is 4.28. The van der Waals surface area contributed by atoms with Crippen LogP contribution in [0.1, 0.15) is 45.1 Å². The highest BCUT2D eigenvalue weighted by atomic mass is 19.4. The number of ether oxygens (including phenoxy) is 2. The van der Waals surface area contributed by atoms with E-state index in [0.717, 1.165) is 32.1 Å². The van der Waals surface area contributed by atoms with E-state index in [1.165, 1.54) is 18.2 Å². The molecule has 0 heterocycles. The van der Waals surface area contributed by atoms with Gasteiger partial charge in [-0.05, 0) is 12.8 Å². The van der Waals surface area contributed by atoms with Crippen molar-refractivity contribution in [2.24, 2.45) is 5.92 Å². The van der Waals surface area contributed by atoms with Crippen LogP contribution in [0.3, 0.4) is 0 Å². The summed E-state index contributed by atoms with van der Waals surface area (Å²) in [6.07, 6.45) is -2.77. The van der Waals surface area contributed by atoms with Crippen LogP contribution in [0.4, 0.5) is 13.2 Å². The van der Waals surface area contributed by atoms with Gasteiger partial charge in [0.1, 0.15) is 5.78 Å². The lowest BCUT2D eigenvalue weighted by atomic mass is 9.92. The monoisotopic (exact) mass is 374 g/mol. The van der Waals surface area contributed by atoms with E-state index in [9.17, 15) is 22.8 Å². The van der Waals surface area contributed by atoms with Gasteiger partial charge < -0.3 is 9.47 Å². The molecular weight excluding hydrogens is 349 g/mol. The van der Waals surface area contributed by atoms with Crippen LogP contribution in [-0.4, -0.2) is 31.6 Å². The van der Waals surface area contributed by atoms with E-state index < -0.39 is 17.7 Å². The molecule has 1 rings (SSSR count). The van der Waals surface area contributed by atoms with Gasteiger partial charge in [-0.2, -0.15) is 13.2 Å². The molecule has 0 aliphatic rings. The van der Waals surface area contributed by atoms with Crippen LogP contribution in [0.25, 0.3) is 0 Å². The van der Waals surface area contributed by atoms with Gasteiger partial charge in [0.15, 0.2) is 0 Å². The lowest BCUT2D eigenvalue weighted by Gasteiger charge is -2.32. The van der Waals surface area contributed by atoms with Gasteiger partial charge in [-0.15, -0.1) is 0 Å². The summed E-state index contributed by atoms with van der Waals surface area (Å²) in [6, 6.07) is 6.63. The topological polar surface area (TPSA) is 52.6 Å². The van der Waals surface area contributed by atoms with Crippen LogP contribution in [0.2, 0.25) is 0 Å². The second-order valence-corrected chi connectivity index (χ2v) is 6.14. The molecule has 0 unspecified atom stereocenters. The van der Waals surface area contributed by atoms with E-state index in [1.54, 1.807) is 6.92 Å². The molecule has 0 amide bonds. The molecule has 0 aliphatic heterocycles. The zero-order valence-corrected chi connectivity index (χ0v) is 15.3. The van der Waals surface area contributed by atoms with Crippen molar-refractivity contribution in [1.29, 1.82) is 0 Å². The average Bonchev–Trinajstić information content (AvgIpc) is 2.60. The first-order chi connectivity index (χ1) is 12.2. The zero-order valence-electron chi connectivity index (χ0n) is 15.3. The molecule has 146 valence electrons. The number of esters is 1. The maximum absolute atomic E-state index is 13.7. The molecule has 26 heavy (non-hydrogen) atoms. The van der Waals surface area contributed by atoms with Crippen LogP contribution in [0, 0.1) is 5.92 Å². The van der Waals surface area contributed by atoms with Gasteiger partial charge in [0.05, 0.1) is 6.61 Å². The van der Waals surface area contributed by atoms with Crippen LogP contribution in [0.5, 0.6) is 0 Å². The largest absolute Gasteiger partial charge is 0.463 e. The number of carbonyl (C=O) groups is 2. The van der Waals surface area contributed by atoms with Gasteiger partial charge in [0, 0.05) is 25.0 Å². The summed E-state index contributed by atoms with van der Waals surface area (Å²) in [5.41, 5.74) is -3.55. The molecular formula is C19H25F3O4. The van der Waals surface area contributed by atoms with Crippen LogP contribution < -0.4 is 0 Å². The quantitative estimate of drug-likeness (QED) is 0.569. The van der Waals surface area contributed by atoms with Gasteiger partial charge in [-0.25, -0.2) is 4.79 Å². The molecule has 1 aromatic rings. The molecule has 1 aromatic carbocycles. The number of carbonyl (C=O) groups excluding carboxylic acids is 2. The van der Waals surface area contributed by atoms with Crippen LogP contribution in [0.15, 0.2) is 30.3 Å². The summed E-state index contributed by atoms with van der Waals surface area (Å²) in [4.78, 5) is 24.2. The lowest BCUT2D eigenvalue weighted by molar-refractivity contribution is -0.276. The minimum Gasteiger partial charge on any atom is -0.463 e. The van der Waals surface area contributed by atoms with Gasteiger partial charge >= 0.3 is 12.1 Å². The third kappa shape index (κ3) is 5.06. The minimum atomic E-state index is -5.00. The smallest absolute Gasteiger partial charge is 0.432 e. The first kappa shape index (κ1) is 22.2. The Hall–Kier alpha value is -1.89. The van der Waals surface area contributed by atoms with Gasteiger partial charge in [0.25, 0.3) is 5.60 Å². The van der Waals surface area contributed by atoms with Crippen LogP contribution in [-0.2, 0) is 24.7 Å². The van der Waals surface area contributed by atoms with Gasteiger partial charge in [0.2, 0.25) is 0 Å². The number of ketones is 1. The molecule has 0 saturated heterocycles. The highest BCUT2D eigenvalue weighted by molar-refractivity contribution is 5.83. The number of hydrogen-bond acceptors (Lipinski definition) is 4. The summed E-state index contributed by atoms with van der Waals surface area (Å²) in [6.45, 7) is 3.35. The van der Waals surface area contributed by atoms with E-state index in [2.05, 4.69) is 4.74 Å². The standard InChI is InChI=1S/C19H25F3O4/c1-4-5-11-16(23)14(2)12-13-26-17(24)18(25-3,19(20,21)22)15-9-7-6-8-10-15/h6-10,14H,4-5,11-13H2,1-3H3/t14-,18+/m0/s1. The first-order valence-electron chi connectivity index (χ1n) is 8.58. The van der Waals surface area contributed by atoms with E-state index in [-0.39, 0.29) is 30.3 Å². The second kappa shape index (κ2) is 9.71. The molecule has 0 radical (unpaired) electrons. The lowest BCUT2D eigenvalue weighted by Crippen LogP contribution is -2.51. The Bertz CT molecular complexity index is 586. The Kier molecular flexibility index (Phi) is 8.27. The van der Waals surface area contributed by atoms with Crippen molar-refractivity contribution in [2.45, 2.75) is 51.3 Å². The van der Waals surface area contributed by atoms with Crippen molar-refractivity contribution >= 4 is 11.8 Å². The van der Waals surface area contributed by atoms with Crippen molar-refractivity contribution in [3.05, 3.63) is 35.9 Å². The highest BCUT2D eigenvalue weighted by Gasteiger charge is 2.64. The molecule has 2 atom stereocenters. The van der Waals surface area contributed by atoms with E-state index >= 15 is 0 Å². The fourth-order valence-electron chi connectivity index (χ4n) is 2.58. The SMILES string of the molecule is CCCCC(=O)[C@@H](C)CCOC(=O)[C@](OC)(c1ccccc1)C(F)(F)F. The van der Waals surface area contributed by atoms with Crippen molar-refractivity contribution in [1.82, 2.24) is 0 Å².